The summed E-state index contributed by atoms with van der Waals surface area (Å²) in [5, 5.41) is 9.15. The van der Waals surface area contributed by atoms with E-state index < -0.39 is 0 Å². The highest BCUT2D eigenvalue weighted by Gasteiger charge is 1.89. The average Bonchev–Trinajstić information content (AvgIpc) is 2.30. The molecule has 0 aliphatic rings. The highest BCUT2D eigenvalue weighted by Crippen LogP contribution is 2.13. The van der Waals surface area contributed by atoms with Gasteiger partial charge in [0.2, 0.25) is 0 Å². The average molecular weight is 210 g/mol. The number of phenolic OH excluding ortho intramolecular Hbond substituents is 1. The minimum Gasteiger partial charge on any atom is -0.508 e. The monoisotopic (exact) mass is 210 g/mol. The fourth-order valence-corrected chi connectivity index (χ4v) is 1.46. The first-order valence-electron chi connectivity index (χ1n) is 5.28. The first kappa shape index (κ1) is 10.5. The van der Waals surface area contributed by atoms with Gasteiger partial charge >= 0.3 is 0 Å². The van der Waals surface area contributed by atoms with Crippen molar-refractivity contribution in [1.29, 1.82) is 0 Å². The van der Waals surface area contributed by atoms with Crippen molar-refractivity contribution in [3.8, 4) is 5.75 Å². The summed E-state index contributed by atoms with van der Waals surface area (Å²) in [6.07, 6.45) is 4.09. The molecule has 16 heavy (non-hydrogen) atoms. The van der Waals surface area contributed by atoms with Crippen molar-refractivity contribution >= 4 is 12.2 Å². The van der Waals surface area contributed by atoms with Gasteiger partial charge in [0.15, 0.2) is 0 Å². The predicted molar refractivity (Wildman–Crippen MR) is 68.2 cm³/mol. The van der Waals surface area contributed by atoms with Crippen LogP contribution in [0.3, 0.4) is 0 Å². The maximum absolute atomic E-state index is 9.15. The zero-order valence-electron chi connectivity index (χ0n) is 9.22. The van der Waals surface area contributed by atoms with Gasteiger partial charge in [0.25, 0.3) is 0 Å². The van der Waals surface area contributed by atoms with Gasteiger partial charge in [-0.05, 0) is 30.2 Å². The third-order valence-electron chi connectivity index (χ3n) is 2.44. The molecule has 0 aromatic heterocycles. The van der Waals surface area contributed by atoms with Crippen LogP contribution in [0.25, 0.3) is 12.2 Å². The molecule has 80 valence electrons. The lowest BCUT2D eigenvalue weighted by Crippen LogP contribution is -1.74. The van der Waals surface area contributed by atoms with Crippen molar-refractivity contribution in [1.82, 2.24) is 0 Å². The minimum atomic E-state index is 0.299. The van der Waals surface area contributed by atoms with Crippen molar-refractivity contribution in [2.24, 2.45) is 0 Å². The van der Waals surface area contributed by atoms with E-state index in [0.717, 1.165) is 5.56 Å². The standard InChI is InChI=1S/C15H14O/c1-12-2-4-13(5-3-12)6-7-14-8-10-15(16)11-9-14/h2-11,16H,1H3. The van der Waals surface area contributed by atoms with E-state index >= 15 is 0 Å². The molecule has 0 fully saturated rings. The van der Waals surface area contributed by atoms with Crippen LogP contribution in [0.2, 0.25) is 0 Å². The van der Waals surface area contributed by atoms with Gasteiger partial charge in [-0.1, -0.05) is 54.1 Å². The van der Waals surface area contributed by atoms with Gasteiger partial charge in [0, 0.05) is 0 Å². The molecule has 0 saturated carbocycles. The Hall–Kier alpha value is -2.02. The van der Waals surface area contributed by atoms with E-state index in [4.69, 9.17) is 5.11 Å². The van der Waals surface area contributed by atoms with E-state index in [2.05, 4.69) is 37.3 Å². The summed E-state index contributed by atoms with van der Waals surface area (Å²) in [4.78, 5) is 0. The van der Waals surface area contributed by atoms with Gasteiger partial charge < -0.3 is 5.11 Å². The lowest BCUT2D eigenvalue weighted by atomic mass is 10.1. The van der Waals surface area contributed by atoms with E-state index in [9.17, 15) is 0 Å². The van der Waals surface area contributed by atoms with Crippen molar-refractivity contribution in [3.63, 3.8) is 0 Å². The van der Waals surface area contributed by atoms with Crippen molar-refractivity contribution in [2.45, 2.75) is 6.92 Å². The first-order chi connectivity index (χ1) is 7.74. The lowest BCUT2D eigenvalue weighted by Gasteiger charge is -1.96. The third-order valence-corrected chi connectivity index (χ3v) is 2.44. The summed E-state index contributed by atoms with van der Waals surface area (Å²) < 4.78 is 0. The molecule has 0 radical (unpaired) electrons. The topological polar surface area (TPSA) is 20.2 Å². The molecule has 0 unspecified atom stereocenters. The highest BCUT2D eigenvalue weighted by molar-refractivity contribution is 5.69. The SMILES string of the molecule is Cc1ccc(C=Cc2ccc(O)cc2)cc1. The minimum absolute atomic E-state index is 0.299. The summed E-state index contributed by atoms with van der Waals surface area (Å²) in [5.41, 5.74) is 3.53. The highest BCUT2D eigenvalue weighted by atomic mass is 16.3. The smallest absolute Gasteiger partial charge is 0.115 e. The van der Waals surface area contributed by atoms with Gasteiger partial charge in [-0.2, -0.15) is 0 Å². The molecule has 0 aliphatic heterocycles. The van der Waals surface area contributed by atoms with Crippen LogP contribution in [-0.2, 0) is 0 Å². The zero-order chi connectivity index (χ0) is 11.4. The summed E-state index contributed by atoms with van der Waals surface area (Å²) in [5.74, 6) is 0.299. The third kappa shape index (κ3) is 2.74. The molecule has 0 aliphatic carbocycles. The molecule has 0 atom stereocenters. The second kappa shape index (κ2) is 4.67. The Morgan fingerprint density at radius 3 is 1.69 bits per heavy atom. The number of aryl methyl sites for hydroxylation is 1. The number of rotatable bonds is 2. The van der Waals surface area contributed by atoms with Gasteiger partial charge in [-0.25, -0.2) is 0 Å². The Morgan fingerprint density at radius 2 is 1.19 bits per heavy atom. The molecule has 0 spiro atoms. The molecule has 1 N–H and O–H groups in total. The lowest BCUT2D eigenvalue weighted by molar-refractivity contribution is 0.475. The number of hydrogen-bond acceptors (Lipinski definition) is 1. The van der Waals surface area contributed by atoms with Crippen LogP contribution in [0.4, 0.5) is 0 Å². The van der Waals surface area contributed by atoms with E-state index in [1.807, 2.05) is 18.2 Å². The summed E-state index contributed by atoms with van der Waals surface area (Å²) in [6, 6.07) is 15.5. The molecule has 2 aromatic carbocycles. The zero-order valence-corrected chi connectivity index (χ0v) is 9.22. The maximum Gasteiger partial charge on any atom is 0.115 e. The van der Waals surface area contributed by atoms with Crippen LogP contribution in [-0.4, -0.2) is 5.11 Å². The Kier molecular flexibility index (Phi) is 3.06. The summed E-state index contributed by atoms with van der Waals surface area (Å²) in [6.45, 7) is 2.08. The van der Waals surface area contributed by atoms with Crippen LogP contribution in [0, 0.1) is 6.92 Å². The molecule has 1 nitrogen and oxygen atoms in total. The van der Waals surface area contributed by atoms with Gasteiger partial charge in [0.1, 0.15) is 5.75 Å². The van der Waals surface area contributed by atoms with Crippen LogP contribution < -0.4 is 0 Å². The predicted octanol–water partition coefficient (Wildman–Crippen LogP) is 3.87. The summed E-state index contributed by atoms with van der Waals surface area (Å²) in [7, 11) is 0. The van der Waals surface area contributed by atoms with Gasteiger partial charge in [-0.3, -0.25) is 0 Å². The van der Waals surface area contributed by atoms with Crippen LogP contribution in [0.15, 0.2) is 48.5 Å². The molecular formula is C15H14O. The van der Waals surface area contributed by atoms with E-state index in [0.29, 0.717) is 5.75 Å². The largest absolute Gasteiger partial charge is 0.508 e. The van der Waals surface area contributed by atoms with Gasteiger partial charge in [-0.15, -0.1) is 0 Å². The molecule has 0 bridgehead atoms. The normalized spacial score (nSPS) is 10.8. The summed E-state index contributed by atoms with van der Waals surface area (Å²) >= 11 is 0. The van der Waals surface area contributed by atoms with E-state index in [1.165, 1.54) is 11.1 Å². The van der Waals surface area contributed by atoms with E-state index in [1.54, 1.807) is 12.1 Å². The van der Waals surface area contributed by atoms with Crippen molar-refractivity contribution < 1.29 is 5.11 Å². The Bertz CT molecular complexity index is 430. The molecule has 0 saturated heterocycles. The molecule has 2 rings (SSSR count). The van der Waals surface area contributed by atoms with Crippen LogP contribution >= 0.6 is 0 Å². The molecule has 1 heteroatoms. The van der Waals surface area contributed by atoms with Crippen molar-refractivity contribution in [3.05, 3.63) is 65.2 Å². The van der Waals surface area contributed by atoms with E-state index in [-0.39, 0.29) is 0 Å². The number of hydrogen-bond donors (Lipinski definition) is 1. The quantitative estimate of drug-likeness (QED) is 0.746. The maximum atomic E-state index is 9.15. The number of aromatic hydroxyl groups is 1. The molecular weight excluding hydrogens is 196 g/mol. The van der Waals surface area contributed by atoms with Crippen molar-refractivity contribution in [2.75, 3.05) is 0 Å². The first-order valence-corrected chi connectivity index (χ1v) is 5.28. The van der Waals surface area contributed by atoms with Gasteiger partial charge in [0.05, 0.1) is 0 Å². The Morgan fingerprint density at radius 1 is 0.750 bits per heavy atom. The number of benzene rings is 2. The van der Waals surface area contributed by atoms with Crippen LogP contribution in [0.1, 0.15) is 16.7 Å². The molecule has 0 amide bonds. The number of phenols is 1. The second-order valence-corrected chi connectivity index (χ2v) is 3.84. The van der Waals surface area contributed by atoms with Crippen LogP contribution in [0.5, 0.6) is 5.75 Å². The fraction of sp³-hybridized carbons (Fsp3) is 0.0667. The molecule has 2 aromatic rings. The fourth-order valence-electron chi connectivity index (χ4n) is 1.46. The molecule has 0 heterocycles. The Balaban J connectivity index is 2.15. The second-order valence-electron chi connectivity index (χ2n) is 3.84. The Labute approximate surface area is 95.7 Å².